The van der Waals surface area contributed by atoms with Crippen LogP contribution in [0.3, 0.4) is 0 Å². The number of aryl methyl sites for hydroxylation is 1. The minimum absolute atomic E-state index is 0.00742. The first-order valence-electron chi connectivity index (χ1n) is 11.4. The number of benzene rings is 2. The number of nitrogens with zero attached hydrogens (tertiary/aromatic N) is 1. The largest absolute Gasteiger partial charge is 0.449 e. The molecule has 8 heteroatoms. The van der Waals surface area contributed by atoms with Gasteiger partial charge in [0.05, 0.1) is 6.54 Å². The summed E-state index contributed by atoms with van der Waals surface area (Å²) in [5.74, 6) is -0.0539. The number of piperidine rings is 1. The van der Waals surface area contributed by atoms with Crippen LogP contribution in [0.1, 0.15) is 30.9 Å². The molecule has 2 amide bonds. The zero-order valence-electron chi connectivity index (χ0n) is 19.1. The summed E-state index contributed by atoms with van der Waals surface area (Å²) >= 11 is 6.28. The molecule has 0 unspecified atom stereocenters. The van der Waals surface area contributed by atoms with E-state index in [1.165, 1.54) is 5.56 Å². The molecule has 3 rings (SSSR count). The Kier molecular flexibility index (Phi) is 9.11. The molecule has 0 atom stereocenters. The summed E-state index contributed by atoms with van der Waals surface area (Å²) < 4.78 is 5.65. The van der Waals surface area contributed by atoms with E-state index in [0.717, 1.165) is 12.0 Å². The standard InChI is InChI=1S/C25H33ClN4O3/c1-2-19-7-9-21(10-8-19)29-24(32)33-18-25(11-13-30(14-12-25)23(31)15-27)17-28-16-20-5-3-4-6-22(20)26/h3-10,28H,2,11-18,27H2,1H3,(H,29,32). The molecule has 1 saturated heterocycles. The highest BCUT2D eigenvalue weighted by Crippen LogP contribution is 2.32. The molecular weight excluding hydrogens is 440 g/mol. The molecule has 0 radical (unpaired) electrons. The molecule has 1 aliphatic heterocycles. The first-order valence-corrected chi connectivity index (χ1v) is 11.8. The van der Waals surface area contributed by atoms with Gasteiger partial charge in [-0.3, -0.25) is 10.1 Å². The predicted molar refractivity (Wildman–Crippen MR) is 131 cm³/mol. The van der Waals surface area contributed by atoms with Gasteiger partial charge in [-0.05, 0) is 48.6 Å². The van der Waals surface area contributed by atoms with Crippen molar-refractivity contribution < 1.29 is 14.3 Å². The van der Waals surface area contributed by atoms with Gasteiger partial charge < -0.3 is 20.7 Å². The summed E-state index contributed by atoms with van der Waals surface area (Å²) in [7, 11) is 0. The van der Waals surface area contributed by atoms with Gasteiger partial charge in [-0.25, -0.2) is 4.79 Å². The summed E-state index contributed by atoms with van der Waals surface area (Å²) in [6.07, 6.45) is 1.89. The van der Waals surface area contributed by atoms with E-state index in [-0.39, 0.29) is 24.5 Å². The molecule has 0 bridgehead atoms. The van der Waals surface area contributed by atoms with E-state index < -0.39 is 6.09 Å². The highest BCUT2D eigenvalue weighted by Gasteiger charge is 2.37. The van der Waals surface area contributed by atoms with Crippen LogP contribution in [0.15, 0.2) is 48.5 Å². The first kappa shape index (κ1) is 25.0. The smallest absolute Gasteiger partial charge is 0.411 e. The lowest BCUT2D eigenvalue weighted by Gasteiger charge is -2.41. The number of rotatable bonds is 9. The summed E-state index contributed by atoms with van der Waals surface area (Å²) in [4.78, 5) is 26.2. The Bertz CT molecular complexity index is 928. The molecule has 1 aliphatic rings. The maximum atomic E-state index is 12.5. The number of halogens is 1. The van der Waals surface area contributed by atoms with Gasteiger partial charge in [0.1, 0.15) is 6.61 Å². The van der Waals surface area contributed by atoms with Gasteiger partial charge >= 0.3 is 6.09 Å². The summed E-state index contributed by atoms with van der Waals surface area (Å²) in [5, 5.41) is 6.98. The average Bonchev–Trinajstić information content (AvgIpc) is 2.84. The molecule has 1 fully saturated rings. The van der Waals surface area contributed by atoms with Crippen molar-refractivity contribution in [3.8, 4) is 0 Å². The average molecular weight is 473 g/mol. The number of carbonyl (C=O) groups excluding carboxylic acids is 2. The number of nitrogens with one attached hydrogen (secondary N) is 2. The van der Waals surface area contributed by atoms with Crippen molar-refractivity contribution in [1.82, 2.24) is 10.2 Å². The molecule has 2 aromatic carbocycles. The Morgan fingerprint density at radius 2 is 1.82 bits per heavy atom. The molecule has 0 aromatic heterocycles. The highest BCUT2D eigenvalue weighted by molar-refractivity contribution is 6.31. The Morgan fingerprint density at radius 1 is 1.12 bits per heavy atom. The lowest BCUT2D eigenvalue weighted by molar-refractivity contribution is -0.132. The van der Waals surface area contributed by atoms with Crippen LogP contribution in [-0.2, 0) is 22.5 Å². The molecule has 7 nitrogen and oxygen atoms in total. The summed E-state index contributed by atoms with van der Waals surface area (Å²) in [6, 6.07) is 15.4. The maximum Gasteiger partial charge on any atom is 0.411 e. The highest BCUT2D eigenvalue weighted by atomic mass is 35.5. The fraction of sp³-hybridized carbons (Fsp3) is 0.440. The van der Waals surface area contributed by atoms with Gasteiger partial charge in [0, 0.05) is 42.3 Å². The van der Waals surface area contributed by atoms with Gasteiger partial charge in [0.25, 0.3) is 0 Å². The third-order valence-corrected chi connectivity index (χ3v) is 6.61. The number of hydrogen-bond donors (Lipinski definition) is 3. The quantitative estimate of drug-likeness (QED) is 0.515. The van der Waals surface area contributed by atoms with Crippen LogP contribution in [-0.4, -0.2) is 49.7 Å². The molecule has 1 heterocycles. The SMILES string of the molecule is CCc1ccc(NC(=O)OCC2(CNCc3ccccc3Cl)CCN(C(=O)CN)CC2)cc1. The Hall–Kier alpha value is -2.61. The van der Waals surface area contributed by atoms with Crippen molar-refractivity contribution in [2.24, 2.45) is 11.1 Å². The number of hydrogen-bond acceptors (Lipinski definition) is 5. The Balaban J connectivity index is 1.59. The van der Waals surface area contributed by atoms with Crippen molar-refractivity contribution in [3.63, 3.8) is 0 Å². The number of anilines is 1. The van der Waals surface area contributed by atoms with Crippen molar-refractivity contribution >= 4 is 29.3 Å². The molecule has 0 aliphatic carbocycles. The number of nitrogens with two attached hydrogens (primary N) is 1. The third kappa shape index (κ3) is 7.19. The zero-order chi connectivity index (χ0) is 23.7. The van der Waals surface area contributed by atoms with Gasteiger partial charge in [-0.15, -0.1) is 0 Å². The van der Waals surface area contributed by atoms with Crippen LogP contribution in [0.25, 0.3) is 0 Å². The normalized spacial score (nSPS) is 15.2. The van der Waals surface area contributed by atoms with Gasteiger partial charge in [-0.2, -0.15) is 0 Å². The van der Waals surface area contributed by atoms with Crippen LogP contribution in [0.4, 0.5) is 10.5 Å². The first-order chi connectivity index (χ1) is 15.9. The lowest BCUT2D eigenvalue weighted by atomic mass is 9.78. The van der Waals surface area contributed by atoms with Crippen LogP contribution in [0.5, 0.6) is 0 Å². The monoisotopic (exact) mass is 472 g/mol. The summed E-state index contributed by atoms with van der Waals surface area (Å²) in [5.41, 5.74) is 8.16. The zero-order valence-corrected chi connectivity index (χ0v) is 19.9. The summed E-state index contributed by atoms with van der Waals surface area (Å²) in [6.45, 7) is 4.78. The Morgan fingerprint density at radius 3 is 2.45 bits per heavy atom. The molecular formula is C25H33ClN4O3. The van der Waals surface area contributed by atoms with Gasteiger partial charge in [-0.1, -0.05) is 48.9 Å². The molecule has 4 N–H and O–H groups in total. The molecule has 2 aromatic rings. The fourth-order valence-electron chi connectivity index (χ4n) is 4.03. The number of carbonyl (C=O) groups is 2. The molecule has 0 saturated carbocycles. The topological polar surface area (TPSA) is 96.7 Å². The van der Waals surface area contributed by atoms with E-state index in [0.29, 0.717) is 49.7 Å². The van der Waals surface area contributed by atoms with Crippen LogP contribution >= 0.6 is 11.6 Å². The predicted octanol–water partition coefficient (Wildman–Crippen LogP) is 3.81. The van der Waals surface area contributed by atoms with E-state index >= 15 is 0 Å². The van der Waals surface area contributed by atoms with Crippen LogP contribution in [0.2, 0.25) is 5.02 Å². The molecule has 178 valence electrons. The van der Waals surface area contributed by atoms with Gasteiger partial charge in [0.15, 0.2) is 0 Å². The van der Waals surface area contributed by atoms with E-state index in [9.17, 15) is 9.59 Å². The number of ether oxygens (including phenoxy) is 1. The van der Waals surface area contributed by atoms with Crippen molar-refractivity contribution in [2.75, 3.05) is 38.1 Å². The van der Waals surface area contributed by atoms with Crippen molar-refractivity contribution in [1.29, 1.82) is 0 Å². The molecule has 33 heavy (non-hydrogen) atoms. The number of amides is 2. The maximum absolute atomic E-state index is 12.5. The lowest BCUT2D eigenvalue weighted by Crippen LogP contribution is -2.50. The van der Waals surface area contributed by atoms with Gasteiger partial charge in [0.2, 0.25) is 5.91 Å². The van der Waals surface area contributed by atoms with Crippen LogP contribution < -0.4 is 16.4 Å². The van der Waals surface area contributed by atoms with Crippen molar-refractivity contribution in [2.45, 2.75) is 32.7 Å². The van der Waals surface area contributed by atoms with Crippen molar-refractivity contribution in [3.05, 3.63) is 64.7 Å². The Labute approximate surface area is 200 Å². The second-order valence-corrected chi connectivity index (χ2v) is 8.94. The fourth-order valence-corrected chi connectivity index (χ4v) is 4.23. The second-order valence-electron chi connectivity index (χ2n) is 8.53. The van der Waals surface area contributed by atoms with E-state index in [1.807, 2.05) is 48.5 Å². The minimum Gasteiger partial charge on any atom is -0.449 e. The number of likely N-dealkylation sites (tertiary alicyclic amines) is 1. The third-order valence-electron chi connectivity index (χ3n) is 6.24. The van der Waals surface area contributed by atoms with E-state index in [2.05, 4.69) is 17.6 Å². The minimum atomic E-state index is -0.481. The second kappa shape index (κ2) is 12.0. The van der Waals surface area contributed by atoms with Crippen LogP contribution in [0, 0.1) is 5.41 Å². The van der Waals surface area contributed by atoms with E-state index in [1.54, 1.807) is 4.90 Å². The molecule has 0 spiro atoms. The van der Waals surface area contributed by atoms with E-state index in [4.69, 9.17) is 22.1 Å².